The molecule has 0 bridgehead atoms. The van der Waals surface area contributed by atoms with E-state index < -0.39 is 11.6 Å². The molecule has 0 aromatic heterocycles. The Hall–Kier alpha value is -1.63. The van der Waals surface area contributed by atoms with Crippen LogP contribution >= 0.6 is 0 Å². The Morgan fingerprint density at radius 3 is 2.33 bits per heavy atom. The summed E-state index contributed by atoms with van der Waals surface area (Å²) in [4.78, 5) is 4.62. The van der Waals surface area contributed by atoms with Crippen LogP contribution in [0.4, 0.5) is 14.5 Å². The Balaban J connectivity index is 2.16. The van der Waals surface area contributed by atoms with Gasteiger partial charge in [-0.15, -0.1) is 0 Å². The number of aliphatic imine (C=N–C) groups is 1. The van der Waals surface area contributed by atoms with Gasteiger partial charge in [0.25, 0.3) is 0 Å². The Kier molecular flexibility index (Phi) is 4.10. The predicted molar refractivity (Wildman–Crippen MR) is 82.3 cm³/mol. The summed E-state index contributed by atoms with van der Waals surface area (Å²) in [6.07, 6.45) is 0. The second-order valence-electron chi connectivity index (χ2n) is 4.56. The van der Waals surface area contributed by atoms with Gasteiger partial charge in [0, 0.05) is 0 Å². The molecule has 0 unspecified atom stereocenters. The molecule has 0 aliphatic carbocycles. The molecule has 0 saturated heterocycles. The summed E-state index contributed by atoms with van der Waals surface area (Å²) in [5.41, 5.74) is 1.73. The van der Waals surface area contributed by atoms with Crippen molar-refractivity contribution < 1.29 is 8.78 Å². The standard InChI is InChI=1S/C17H10F2N.Pb/c18-15-10-9-13-14(17(15)19)7-4-8-16(13)20-11-12-5-2-1-3-6-12;/h1-10H;. The van der Waals surface area contributed by atoms with E-state index in [1.54, 1.807) is 18.2 Å². The molecular weight excluding hydrogens is 463 g/mol. The second kappa shape index (κ2) is 6.01. The van der Waals surface area contributed by atoms with Crippen molar-refractivity contribution in [3.63, 3.8) is 0 Å². The average molecular weight is 473 g/mol. The summed E-state index contributed by atoms with van der Waals surface area (Å²) in [6.45, 7) is 0. The molecule has 0 heterocycles. The van der Waals surface area contributed by atoms with Crippen LogP contribution in [-0.2, 0) is 0 Å². The second-order valence-corrected chi connectivity index (χ2v) is 6.40. The van der Waals surface area contributed by atoms with Gasteiger partial charge in [-0.1, -0.05) is 0 Å². The van der Waals surface area contributed by atoms with E-state index >= 15 is 0 Å². The van der Waals surface area contributed by atoms with Gasteiger partial charge in [0.1, 0.15) is 0 Å². The molecule has 101 valence electrons. The van der Waals surface area contributed by atoms with Gasteiger partial charge < -0.3 is 0 Å². The summed E-state index contributed by atoms with van der Waals surface area (Å²) in [7, 11) is 0. The van der Waals surface area contributed by atoms with Crippen LogP contribution in [0.15, 0.2) is 65.7 Å². The van der Waals surface area contributed by atoms with Gasteiger partial charge in [0.05, 0.1) is 0 Å². The van der Waals surface area contributed by atoms with Crippen LogP contribution in [0.3, 0.4) is 0 Å². The van der Waals surface area contributed by atoms with E-state index in [1.807, 2.05) is 36.4 Å². The van der Waals surface area contributed by atoms with Gasteiger partial charge in [0.2, 0.25) is 0 Å². The van der Waals surface area contributed by atoms with Crippen LogP contribution in [0, 0.1) is 11.6 Å². The first kappa shape index (κ1) is 14.3. The number of nitrogens with zero attached hydrogens (tertiary/aromatic N) is 1. The Morgan fingerprint density at radius 1 is 0.810 bits per heavy atom. The molecule has 3 rings (SSSR count). The van der Waals surface area contributed by atoms with E-state index in [0.717, 1.165) is 40.7 Å². The molecule has 0 spiro atoms. The van der Waals surface area contributed by atoms with E-state index in [2.05, 4.69) is 4.99 Å². The molecule has 3 aromatic rings. The number of hydrogen-bond donors (Lipinski definition) is 0. The first-order valence-corrected chi connectivity index (χ1v) is 8.33. The summed E-state index contributed by atoms with van der Waals surface area (Å²) < 4.78 is 28.1. The number of benzene rings is 3. The quantitative estimate of drug-likeness (QED) is 0.388. The number of halogens is 2. The summed E-state index contributed by atoms with van der Waals surface area (Å²) in [6, 6.07) is 17.7. The normalized spacial score (nSPS) is 11.9. The topological polar surface area (TPSA) is 12.4 Å². The van der Waals surface area contributed by atoms with Crippen LogP contribution in [0.1, 0.15) is 5.56 Å². The van der Waals surface area contributed by atoms with Crippen molar-refractivity contribution in [3.05, 3.63) is 77.9 Å². The molecular formula is C17H10F2NPb. The van der Waals surface area contributed by atoms with Gasteiger partial charge >= 0.3 is 137 Å². The van der Waals surface area contributed by atoms with E-state index in [4.69, 9.17) is 0 Å². The summed E-state index contributed by atoms with van der Waals surface area (Å²) >= 11 is 0.766. The maximum absolute atomic E-state index is 13.8. The average Bonchev–Trinajstić information content (AvgIpc) is 2.52. The number of hydrogen-bond acceptors (Lipinski definition) is 1. The number of rotatable bonds is 2. The van der Waals surface area contributed by atoms with Crippen molar-refractivity contribution in [1.82, 2.24) is 0 Å². The maximum atomic E-state index is 13.8. The Morgan fingerprint density at radius 2 is 1.57 bits per heavy atom. The molecule has 0 aliphatic heterocycles. The molecule has 3 radical (unpaired) electrons. The summed E-state index contributed by atoms with van der Waals surface area (Å²) in [5.74, 6) is -1.66. The van der Waals surface area contributed by atoms with E-state index in [0.29, 0.717) is 11.1 Å². The van der Waals surface area contributed by atoms with Crippen LogP contribution < -0.4 is 0 Å². The molecule has 3 aromatic carbocycles. The fraction of sp³-hybridized carbons (Fsp3) is 0. The van der Waals surface area contributed by atoms with E-state index in [-0.39, 0.29) is 5.39 Å². The van der Waals surface area contributed by atoms with Gasteiger partial charge in [-0.25, -0.2) is 0 Å². The van der Waals surface area contributed by atoms with Crippen LogP contribution in [-0.4, -0.2) is 29.0 Å². The fourth-order valence-electron chi connectivity index (χ4n) is 2.16. The first-order chi connectivity index (χ1) is 10.2. The molecule has 0 fully saturated rings. The van der Waals surface area contributed by atoms with Gasteiger partial charge in [0.15, 0.2) is 0 Å². The minimum absolute atomic E-state index is 0.263. The zero-order valence-corrected chi connectivity index (χ0v) is 14.9. The Labute approximate surface area is 137 Å². The predicted octanol–water partition coefficient (Wildman–Crippen LogP) is 4.36. The van der Waals surface area contributed by atoms with Crippen molar-refractivity contribution in [3.8, 4) is 0 Å². The van der Waals surface area contributed by atoms with Crippen LogP contribution in [0.2, 0.25) is 0 Å². The third kappa shape index (κ3) is 2.88. The van der Waals surface area contributed by atoms with E-state index in [1.165, 1.54) is 0 Å². The minimum atomic E-state index is -0.835. The molecule has 0 saturated carbocycles. The van der Waals surface area contributed by atoms with Crippen molar-refractivity contribution in [1.29, 1.82) is 0 Å². The third-order valence-corrected chi connectivity index (χ3v) is 4.76. The first-order valence-electron chi connectivity index (χ1n) is 6.39. The van der Waals surface area contributed by atoms with Gasteiger partial charge in [-0.05, 0) is 0 Å². The summed E-state index contributed by atoms with van der Waals surface area (Å²) in [5, 5.41) is 0.888. The van der Waals surface area contributed by atoms with Gasteiger partial charge in [-0.3, -0.25) is 0 Å². The number of fused-ring (bicyclic) bond motifs is 1. The Bertz CT molecular complexity index is 829. The van der Waals surface area contributed by atoms with Gasteiger partial charge in [-0.2, -0.15) is 0 Å². The van der Waals surface area contributed by atoms with Crippen LogP contribution in [0.25, 0.3) is 10.8 Å². The third-order valence-electron chi connectivity index (χ3n) is 3.21. The zero-order chi connectivity index (χ0) is 14.8. The monoisotopic (exact) mass is 474 g/mol. The zero-order valence-electron chi connectivity index (χ0n) is 11.0. The van der Waals surface area contributed by atoms with Crippen molar-refractivity contribution in [2.24, 2.45) is 4.99 Å². The molecule has 0 atom stereocenters. The fourth-order valence-corrected chi connectivity index (χ4v) is 3.27. The van der Waals surface area contributed by atoms with Crippen LogP contribution in [0.5, 0.6) is 0 Å². The SMILES string of the molecule is Fc1ccc2c(N=[C]([Pb])c3ccccc3)cccc2c1F. The van der Waals surface area contributed by atoms with Crippen molar-refractivity contribution >= 4 is 45.5 Å². The molecule has 1 nitrogen and oxygen atoms in total. The molecule has 21 heavy (non-hydrogen) atoms. The van der Waals surface area contributed by atoms with Crippen molar-refractivity contribution in [2.75, 3.05) is 0 Å². The molecule has 0 amide bonds. The molecule has 0 N–H and O–H groups in total. The van der Waals surface area contributed by atoms with Crippen molar-refractivity contribution in [2.45, 2.75) is 0 Å². The van der Waals surface area contributed by atoms with E-state index in [9.17, 15) is 8.78 Å². The molecule has 4 heteroatoms. The molecule has 0 aliphatic rings.